The Kier molecular flexibility index (Phi) is 4.39. The second-order valence-electron chi connectivity index (χ2n) is 7.07. The van der Waals surface area contributed by atoms with Gasteiger partial charge in [0.25, 0.3) is 5.91 Å². The van der Waals surface area contributed by atoms with E-state index in [0.29, 0.717) is 33.4 Å². The minimum absolute atomic E-state index is 0.160. The Hall–Kier alpha value is -3.06. The van der Waals surface area contributed by atoms with Gasteiger partial charge in [0.1, 0.15) is 5.82 Å². The Morgan fingerprint density at radius 2 is 1.86 bits per heavy atom. The first-order valence-electron chi connectivity index (χ1n) is 9.46. The van der Waals surface area contributed by atoms with E-state index in [4.69, 9.17) is 11.6 Å². The van der Waals surface area contributed by atoms with Crippen LogP contribution in [0.2, 0.25) is 5.02 Å². The molecule has 0 spiro atoms. The number of benzene rings is 2. The Morgan fingerprint density at radius 3 is 2.66 bits per heavy atom. The third kappa shape index (κ3) is 3.11. The van der Waals surface area contributed by atoms with Crippen molar-refractivity contribution in [2.75, 3.05) is 13.1 Å². The van der Waals surface area contributed by atoms with Gasteiger partial charge in [-0.05, 0) is 43.2 Å². The first kappa shape index (κ1) is 18.0. The molecular weight excluding hydrogens is 393 g/mol. The third-order valence-electron chi connectivity index (χ3n) is 5.21. The average molecular weight is 410 g/mol. The van der Waals surface area contributed by atoms with Gasteiger partial charge in [-0.2, -0.15) is 0 Å². The molecular formula is C21H17ClFN5O. The van der Waals surface area contributed by atoms with Crippen LogP contribution in [0.25, 0.3) is 5.69 Å². The number of carbonyl (C=O) groups excluding carboxylic acids is 1. The standard InChI is InChI=1S/C21H17ClFN5O/c22-13-7-8-17-15(11-13)19(14-5-1-2-6-16(14)23)24-12-18-25-20(26-28(17)18)21(29)27-9-3-4-10-27/h1-2,5-8,11H,3-4,9-10,12H2. The Balaban J connectivity index is 1.64. The van der Waals surface area contributed by atoms with Gasteiger partial charge >= 0.3 is 0 Å². The Morgan fingerprint density at radius 1 is 1.07 bits per heavy atom. The fourth-order valence-electron chi connectivity index (χ4n) is 3.79. The van der Waals surface area contributed by atoms with E-state index in [2.05, 4.69) is 15.1 Å². The molecule has 1 fully saturated rings. The number of halogens is 2. The van der Waals surface area contributed by atoms with Gasteiger partial charge in [-0.15, -0.1) is 5.10 Å². The monoisotopic (exact) mass is 409 g/mol. The molecule has 0 N–H and O–H groups in total. The second-order valence-corrected chi connectivity index (χ2v) is 7.51. The van der Waals surface area contributed by atoms with Gasteiger partial charge in [0, 0.05) is 29.2 Å². The van der Waals surface area contributed by atoms with Crippen molar-refractivity contribution in [2.24, 2.45) is 4.99 Å². The largest absolute Gasteiger partial charge is 0.336 e. The lowest BCUT2D eigenvalue weighted by Crippen LogP contribution is -2.28. The van der Waals surface area contributed by atoms with Crippen molar-refractivity contribution in [1.29, 1.82) is 0 Å². The number of likely N-dealkylation sites (tertiary alicyclic amines) is 1. The summed E-state index contributed by atoms with van der Waals surface area (Å²) in [5.74, 6) is 0.154. The van der Waals surface area contributed by atoms with Crippen molar-refractivity contribution in [2.45, 2.75) is 19.4 Å². The molecule has 0 unspecified atom stereocenters. The summed E-state index contributed by atoms with van der Waals surface area (Å²) in [6.45, 7) is 1.63. The lowest BCUT2D eigenvalue weighted by atomic mass is 10.00. The van der Waals surface area contributed by atoms with Crippen molar-refractivity contribution >= 4 is 23.2 Å². The zero-order chi connectivity index (χ0) is 20.0. The van der Waals surface area contributed by atoms with Crippen LogP contribution in [0, 0.1) is 5.82 Å². The summed E-state index contributed by atoms with van der Waals surface area (Å²) < 4.78 is 16.1. The number of carbonyl (C=O) groups is 1. The molecule has 2 aromatic carbocycles. The predicted molar refractivity (Wildman–Crippen MR) is 107 cm³/mol. The van der Waals surface area contributed by atoms with Crippen molar-refractivity contribution in [3.8, 4) is 5.69 Å². The van der Waals surface area contributed by atoms with Crippen LogP contribution < -0.4 is 0 Å². The van der Waals surface area contributed by atoms with Gasteiger partial charge in [0.15, 0.2) is 5.82 Å². The van der Waals surface area contributed by atoms with Crippen LogP contribution in [0.4, 0.5) is 4.39 Å². The molecule has 146 valence electrons. The maximum Gasteiger partial charge on any atom is 0.293 e. The molecule has 3 aromatic rings. The molecule has 0 atom stereocenters. The molecule has 0 radical (unpaired) electrons. The number of hydrogen-bond acceptors (Lipinski definition) is 4. The molecule has 0 saturated carbocycles. The molecule has 3 heterocycles. The van der Waals surface area contributed by atoms with E-state index in [1.54, 1.807) is 46.0 Å². The smallest absolute Gasteiger partial charge is 0.293 e. The number of hydrogen-bond donors (Lipinski definition) is 0. The molecule has 5 rings (SSSR count). The van der Waals surface area contributed by atoms with E-state index in [1.165, 1.54) is 6.07 Å². The van der Waals surface area contributed by atoms with Crippen LogP contribution in [0.1, 0.15) is 40.4 Å². The average Bonchev–Trinajstić information content (AvgIpc) is 3.37. The fraction of sp³-hybridized carbons (Fsp3) is 0.238. The summed E-state index contributed by atoms with van der Waals surface area (Å²) in [4.78, 5) is 23.6. The topological polar surface area (TPSA) is 63.4 Å². The van der Waals surface area contributed by atoms with E-state index in [1.807, 2.05) is 0 Å². The molecule has 29 heavy (non-hydrogen) atoms. The molecule has 1 saturated heterocycles. The zero-order valence-electron chi connectivity index (χ0n) is 15.5. The fourth-order valence-corrected chi connectivity index (χ4v) is 3.97. The summed E-state index contributed by atoms with van der Waals surface area (Å²) in [7, 11) is 0. The summed E-state index contributed by atoms with van der Waals surface area (Å²) in [6, 6.07) is 11.7. The second kappa shape index (κ2) is 7.08. The van der Waals surface area contributed by atoms with Gasteiger partial charge in [-0.1, -0.05) is 23.7 Å². The quantitative estimate of drug-likeness (QED) is 0.649. The molecule has 6 nitrogen and oxygen atoms in total. The lowest BCUT2D eigenvalue weighted by Gasteiger charge is -2.13. The number of amides is 1. The van der Waals surface area contributed by atoms with Crippen LogP contribution >= 0.6 is 11.6 Å². The van der Waals surface area contributed by atoms with Crippen molar-refractivity contribution in [3.63, 3.8) is 0 Å². The highest BCUT2D eigenvalue weighted by molar-refractivity contribution is 6.31. The molecule has 1 amide bonds. The van der Waals surface area contributed by atoms with Crippen molar-refractivity contribution in [3.05, 3.63) is 76.1 Å². The zero-order valence-corrected chi connectivity index (χ0v) is 16.2. The molecule has 0 bridgehead atoms. The number of aliphatic imine (C=N–C) groups is 1. The van der Waals surface area contributed by atoms with Crippen molar-refractivity contribution in [1.82, 2.24) is 19.7 Å². The third-order valence-corrected chi connectivity index (χ3v) is 5.44. The van der Waals surface area contributed by atoms with Crippen LogP contribution in [0.15, 0.2) is 47.5 Å². The highest BCUT2D eigenvalue weighted by atomic mass is 35.5. The number of nitrogens with zero attached hydrogens (tertiary/aromatic N) is 5. The maximum atomic E-state index is 14.5. The minimum Gasteiger partial charge on any atom is -0.336 e. The van der Waals surface area contributed by atoms with Gasteiger partial charge in [0.05, 0.1) is 17.9 Å². The maximum absolute atomic E-state index is 14.5. The highest BCUT2D eigenvalue weighted by Gasteiger charge is 2.28. The minimum atomic E-state index is -0.366. The van der Waals surface area contributed by atoms with E-state index < -0.39 is 0 Å². The SMILES string of the molecule is O=C(c1nc2n(n1)-c1ccc(Cl)cc1C(c1ccccc1F)=NC2)N1CCCC1. The van der Waals surface area contributed by atoms with Crippen LogP contribution in [0.5, 0.6) is 0 Å². The van der Waals surface area contributed by atoms with Gasteiger partial charge in [-0.25, -0.2) is 14.1 Å². The first-order chi connectivity index (χ1) is 14.1. The van der Waals surface area contributed by atoms with Crippen LogP contribution in [-0.2, 0) is 6.54 Å². The Bertz CT molecular complexity index is 1150. The number of aromatic nitrogens is 3. The van der Waals surface area contributed by atoms with Gasteiger partial charge < -0.3 is 4.90 Å². The lowest BCUT2D eigenvalue weighted by molar-refractivity contribution is 0.0781. The van der Waals surface area contributed by atoms with Gasteiger partial charge in [-0.3, -0.25) is 9.79 Å². The van der Waals surface area contributed by atoms with Crippen LogP contribution in [-0.4, -0.2) is 44.4 Å². The highest BCUT2D eigenvalue weighted by Crippen LogP contribution is 2.28. The molecule has 0 aliphatic carbocycles. The first-order valence-corrected chi connectivity index (χ1v) is 9.84. The van der Waals surface area contributed by atoms with E-state index in [9.17, 15) is 9.18 Å². The summed E-state index contributed by atoms with van der Waals surface area (Å²) in [5.41, 5.74) is 2.18. The van der Waals surface area contributed by atoms with E-state index in [0.717, 1.165) is 25.9 Å². The summed E-state index contributed by atoms with van der Waals surface area (Å²) >= 11 is 6.24. The number of rotatable bonds is 2. The van der Waals surface area contributed by atoms with Crippen LogP contribution in [0.3, 0.4) is 0 Å². The van der Waals surface area contributed by atoms with E-state index in [-0.39, 0.29) is 24.1 Å². The summed E-state index contributed by atoms with van der Waals surface area (Å²) in [6.07, 6.45) is 1.99. The Labute approximate surface area is 171 Å². The normalized spacial score (nSPS) is 15.5. The van der Waals surface area contributed by atoms with Gasteiger partial charge in [0.2, 0.25) is 5.82 Å². The van der Waals surface area contributed by atoms with E-state index >= 15 is 0 Å². The number of fused-ring (bicyclic) bond motifs is 3. The molecule has 2 aliphatic heterocycles. The summed E-state index contributed by atoms with van der Waals surface area (Å²) in [5, 5.41) is 4.99. The molecule has 8 heteroatoms. The molecule has 2 aliphatic rings. The molecule has 1 aromatic heterocycles. The predicted octanol–water partition coefficient (Wildman–Crippen LogP) is 3.65. The van der Waals surface area contributed by atoms with Crippen molar-refractivity contribution < 1.29 is 9.18 Å².